The minimum absolute atomic E-state index is 0.0407. The summed E-state index contributed by atoms with van der Waals surface area (Å²) < 4.78 is 5.24. The Kier molecular flexibility index (Phi) is 11.4. The van der Waals surface area contributed by atoms with Gasteiger partial charge in [0.05, 0.1) is 13.3 Å². The Hall–Kier alpha value is -6.56. The van der Waals surface area contributed by atoms with Gasteiger partial charge in [0.15, 0.2) is 0 Å². The first-order chi connectivity index (χ1) is 24.6. The molecule has 0 bridgehead atoms. The number of aromatic nitrogens is 1. The van der Waals surface area contributed by atoms with Gasteiger partial charge in [-0.1, -0.05) is 68.3 Å². The summed E-state index contributed by atoms with van der Waals surface area (Å²) in [5, 5.41) is 48.0. The van der Waals surface area contributed by atoms with E-state index >= 15 is 0 Å². The lowest BCUT2D eigenvalue weighted by molar-refractivity contribution is 0.0682. The molecule has 0 aliphatic heterocycles. The van der Waals surface area contributed by atoms with Gasteiger partial charge in [0.25, 0.3) is 0 Å². The Bertz CT molecular complexity index is 2180. The van der Waals surface area contributed by atoms with Crippen LogP contribution in [0.1, 0.15) is 63.6 Å². The number of carbonyl (C=O) groups is 2. The van der Waals surface area contributed by atoms with E-state index in [-0.39, 0.29) is 17.5 Å². The number of aromatic hydroxyl groups is 2. The lowest BCUT2D eigenvalue weighted by Crippen LogP contribution is -2.27. The average molecular weight is 690 g/mol. The van der Waals surface area contributed by atoms with Crippen molar-refractivity contribution in [1.82, 2.24) is 10.4 Å². The number of aliphatic imine (C=N–C) groups is 1. The third kappa shape index (κ3) is 8.19. The first-order valence-corrected chi connectivity index (χ1v) is 16.3. The Balaban J connectivity index is 0.000000206. The van der Waals surface area contributed by atoms with Crippen LogP contribution in [0.5, 0.6) is 17.2 Å². The van der Waals surface area contributed by atoms with E-state index in [1.807, 2.05) is 24.4 Å². The summed E-state index contributed by atoms with van der Waals surface area (Å²) in [4.78, 5) is 30.6. The molecule has 12 nitrogen and oxygen atoms in total. The SMILES string of the molecule is CCCCCN=C(N)N/N=C\c1c[nH]c2ccc(OC)cc12.O=C(O)c1cc2ccccc2c(Cc2c(O)c(C(=O)O)cc3ccccc23)c1O. The van der Waals surface area contributed by atoms with E-state index in [1.54, 1.807) is 61.9 Å². The van der Waals surface area contributed by atoms with Gasteiger partial charge in [0.1, 0.15) is 28.4 Å². The van der Waals surface area contributed by atoms with Crippen LogP contribution in [-0.4, -0.2) is 63.2 Å². The maximum Gasteiger partial charge on any atom is 0.339 e. The van der Waals surface area contributed by atoms with Crippen molar-refractivity contribution in [1.29, 1.82) is 0 Å². The number of ether oxygens (including phenoxy) is 1. The van der Waals surface area contributed by atoms with Crippen molar-refractivity contribution in [3.63, 3.8) is 0 Å². The molecule has 0 radical (unpaired) electrons. The molecule has 12 heteroatoms. The molecular weight excluding hydrogens is 650 g/mol. The highest BCUT2D eigenvalue weighted by atomic mass is 16.5. The smallest absolute Gasteiger partial charge is 0.339 e. The topological polar surface area (TPSA) is 203 Å². The highest BCUT2D eigenvalue weighted by Gasteiger charge is 2.22. The van der Waals surface area contributed by atoms with Gasteiger partial charge in [0.2, 0.25) is 5.96 Å². The number of unbranched alkanes of at least 4 members (excludes halogenated alkanes) is 2. The molecule has 0 saturated carbocycles. The van der Waals surface area contributed by atoms with Gasteiger partial charge in [-0.3, -0.25) is 4.99 Å². The van der Waals surface area contributed by atoms with Crippen LogP contribution in [0.15, 0.2) is 95.2 Å². The van der Waals surface area contributed by atoms with Crippen LogP contribution >= 0.6 is 0 Å². The third-order valence-electron chi connectivity index (χ3n) is 8.42. The fraction of sp³-hybridized carbons (Fsp3) is 0.179. The maximum absolute atomic E-state index is 11.6. The van der Waals surface area contributed by atoms with E-state index in [1.165, 1.54) is 18.6 Å². The maximum atomic E-state index is 11.6. The van der Waals surface area contributed by atoms with E-state index in [4.69, 9.17) is 10.5 Å². The molecule has 0 amide bonds. The van der Waals surface area contributed by atoms with Crippen molar-refractivity contribution < 1.29 is 34.8 Å². The highest BCUT2D eigenvalue weighted by Crippen LogP contribution is 2.38. The number of aromatic amines is 1. The lowest BCUT2D eigenvalue weighted by Gasteiger charge is -2.16. The summed E-state index contributed by atoms with van der Waals surface area (Å²) in [6.45, 7) is 2.89. The molecule has 0 saturated heterocycles. The summed E-state index contributed by atoms with van der Waals surface area (Å²) in [6.07, 6.45) is 6.95. The summed E-state index contributed by atoms with van der Waals surface area (Å²) >= 11 is 0. The number of carboxylic acid groups (broad SMARTS) is 2. The number of guanidine groups is 1. The fourth-order valence-electron chi connectivity index (χ4n) is 5.80. The number of hydrogen-bond donors (Lipinski definition) is 7. The van der Waals surface area contributed by atoms with Crippen molar-refractivity contribution in [2.45, 2.75) is 32.6 Å². The monoisotopic (exact) mass is 689 g/mol. The minimum Gasteiger partial charge on any atom is -0.507 e. The molecule has 8 N–H and O–H groups in total. The quantitative estimate of drug-likeness (QED) is 0.0324. The zero-order valence-corrected chi connectivity index (χ0v) is 28.2. The summed E-state index contributed by atoms with van der Waals surface area (Å²) in [5.74, 6) is -2.21. The number of aromatic carboxylic acids is 2. The fourth-order valence-corrected chi connectivity index (χ4v) is 5.80. The predicted octanol–water partition coefficient (Wildman–Crippen LogP) is 7.00. The summed E-state index contributed by atoms with van der Waals surface area (Å²) in [6, 6.07) is 22.6. The van der Waals surface area contributed by atoms with Gasteiger partial charge in [-0.25, -0.2) is 15.0 Å². The normalized spacial score (nSPS) is 11.5. The lowest BCUT2D eigenvalue weighted by atomic mass is 9.90. The van der Waals surface area contributed by atoms with Gasteiger partial charge < -0.3 is 35.9 Å². The van der Waals surface area contributed by atoms with E-state index in [9.17, 15) is 30.0 Å². The molecule has 51 heavy (non-hydrogen) atoms. The van der Waals surface area contributed by atoms with Gasteiger partial charge in [-0.05, 0) is 58.3 Å². The molecule has 1 aromatic heterocycles. The van der Waals surface area contributed by atoms with E-state index in [0.717, 1.165) is 41.6 Å². The zero-order chi connectivity index (χ0) is 36.5. The standard InChI is InChI=1S/C23H16O6.C16H23N5O/c24-20-16(14-7-3-1-5-12(14)9-18(20)22(26)27)11-17-15-8-4-2-6-13(15)10-19(21(17)25)23(28)29;1-3-4-5-8-18-16(17)21-20-11-12-10-19-15-7-6-13(22-2)9-14(12)15/h1-10,24-25H,11H2,(H,26,27)(H,28,29);6-7,9-11,19H,3-5,8H2,1-2H3,(H3,17,18,21)/b;20-11-. The number of rotatable bonds is 11. The van der Waals surface area contributed by atoms with E-state index in [0.29, 0.717) is 38.6 Å². The second kappa shape index (κ2) is 16.2. The number of benzene rings is 5. The van der Waals surface area contributed by atoms with Crippen LogP contribution in [0.25, 0.3) is 32.4 Å². The Labute approximate surface area is 293 Å². The molecule has 6 aromatic rings. The van der Waals surface area contributed by atoms with Crippen molar-refractivity contribution in [3.05, 3.63) is 113 Å². The van der Waals surface area contributed by atoms with Crippen LogP contribution in [0.4, 0.5) is 0 Å². The molecule has 0 aliphatic rings. The Morgan fingerprint density at radius 2 is 1.43 bits per heavy atom. The second-order valence-electron chi connectivity index (χ2n) is 11.7. The largest absolute Gasteiger partial charge is 0.507 e. The number of nitrogens with one attached hydrogen (secondary N) is 2. The molecule has 262 valence electrons. The zero-order valence-electron chi connectivity index (χ0n) is 28.2. The number of H-pyrrole nitrogens is 1. The molecule has 1 heterocycles. The van der Waals surface area contributed by atoms with Crippen molar-refractivity contribution >= 4 is 56.6 Å². The summed E-state index contributed by atoms with van der Waals surface area (Å²) in [5.41, 5.74) is 10.6. The van der Waals surface area contributed by atoms with Gasteiger partial charge in [-0.2, -0.15) is 5.10 Å². The minimum atomic E-state index is -1.28. The average Bonchev–Trinajstić information content (AvgIpc) is 3.53. The highest BCUT2D eigenvalue weighted by molar-refractivity contribution is 6.03. The number of fused-ring (bicyclic) bond motifs is 3. The third-order valence-corrected chi connectivity index (χ3v) is 8.42. The molecule has 0 atom stereocenters. The number of methoxy groups -OCH3 is 1. The van der Waals surface area contributed by atoms with Crippen molar-refractivity contribution in [2.75, 3.05) is 13.7 Å². The van der Waals surface area contributed by atoms with E-state index < -0.39 is 23.4 Å². The molecule has 0 fully saturated rings. The van der Waals surface area contributed by atoms with Crippen LogP contribution in [0.2, 0.25) is 0 Å². The molecular formula is C39H39N5O7. The van der Waals surface area contributed by atoms with Crippen molar-refractivity contribution in [3.8, 4) is 17.2 Å². The van der Waals surface area contributed by atoms with Crippen LogP contribution in [0.3, 0.4) is 0 Å². The Morgan fingerprint density at radius 3 is 1.98 bits per heavy atom. The molecule has 0 spiro atoms. The van der Waals surface area contributed by atoms with Gasteiger partial charge in [-0.15, -0.1) is 0 Å². The van der Waals surface area contributed by atoms with Gasteiger partial charge >= 0.3 is 11.9 Å². The summed E-state index contributed by atoms with van der Waals surface area (Å²) in [7, 11) is 1.65. The first-order valence-electron chi connectivity index (χ1n) is 16.3. The van der Waals surface area contributed by atoms with Crippen LogP contribution in [0, 0.1) is 0 Å². The van der Waals surface area contributed by atoms with Gasteiger partial charge in [0, 0.05) is 46.8 Å². The molecule has 6 rings (SSSR count). The number of carboxylic acids is 2. The van der Waals surface area contributed by atoms with Crippen LogP contribution in [-0.2, 0) is 6.42 Å². The molecule has 5 aromatic carbocycles. The Morgan fingerprint density at radius 1 is 0.843 bits per heavy atom. The number of hydrazone groups is 1. The van der Waals surface area contributed by atoms with Crippen LogP contribution < -0.4 is 15.9 Å². The second-order valence-corrected chi connectivity index (χ2v) is 11.7. The number of hydrogen-bond acceptors (Lipinski definition) is 7. The first kappa shape index (κ1) is 35.7. The number of phenols is 2. The molecule has 0 aliphatic carbocycles. The molecule has 0 unspecified atom stereocenters. The number of nitrogens with two attached hydrogens (primary N) is 1. The van der Waals surface area contributed by atoms with Crippen molar-refractivity contribution in [2.24, 2.45) is 15.8 Å². The number of nitrogens with zero attached hydrogens (tertiary/aromatic N) is 2. The predicted molar refractivity (Wildman–Crippen MR) is 200 cm³/mol. The van der Waals surface area contributed by atoms with E-state index in [2.05, 4.69) is 27.4 Å².